The van der Waals surface area contributed by atoms with E-state index in [1.807, 2.05) is 33.8 Å². The minimum atomic E-state index is -0.497. The first-order valence-corrected chi connectivity index (χ1v) is 11.7. The summed E-state index contributed by atoms with van der Waals surface area (Å²) in [5, 5.41) is 18.8. The molecule has 0 saturated carbocycles. The Morgan fingerprint density at radius 1 is 1.12 bits per heavy atom. The number of carbonyl (C=O) groups is 2. The normalized spacial score (nSPS) is 14.1. The summed E-state index contributed by atoms with van der Waals surface area (Å²) in [5.41, 5.74) is 2.08. The maximum Gasteiger partial charge on any atom is 0.326 e. The minimum absolute atomic E-state index is 0.0623. The molecular weight excluding hydrogens is 475 g/mol. The number of imide groups is 1. The van der Waals surface area contributed by atoms with Crippen LogP contribution in [-0.2, 0) is 16.0 Å². The lowest BCUT2D eigenvalue weighted by molar-refractivity contribution is -0.577. The molecule has 0 saturated heterocycles. The van der Waals surface area contributed by atoms with E-state index in [1.54, 1.807) is 41.2 Å². The van der Waals surface area contributed by atoms with Gasteiger partial charge in [0.05, 0.1) is 21.4 Å². The van der Waals surface area contributed by atoms with Crippen LogP contribution in [0, 0.1) is 12.8 Å². The van der Waals surface area contributed by atoms with Crippen LogP contribution in [-0.4, -0.2) is 33.0 Å². The molecule has 176 valence electrons. The van der Waals surface area contributed by atoms with Crippen LogP contribution in [0.5, 0.6) is 5.88 Å². The van der Waals surface area contributed by atoms with Crippen LogP contribution in [0.4, 0.5) is 0 Å². The molecule has 1 aromatic carbocycles. The van der Waals surface area contributed by atoms with Gasteiger partial charge in [-0.2, -0.15) is 9.67 Å². The number of carbonyl (C=O) groups excluding carboxylic acids is 2. The number of amides is 2. The van der Waals surface area contributed by atoms with Crippen molar-refractivity contribution in [3.05, 3.63) is 69.6 Å². The highest BCUT2D eigenvalue weighted by molar-refractivity contribution is 6.45. The monoisotopic (exact) mass is 498 g/mol. The van der Waals surface area contributed by atoms with Crippen LogP contribution >= 0.6 is 23.2 Å². The predicted octanol–water partition coefficient (Wildman–Crippen LogP) is 3.80. The number of pyridine rings is 1. The van der Waals surface area contributed by atoms with Gasteiger partial charge in [-0.15, -0.1) is 0 Å². The fraction of sp³-hybridized carbons (Fsp3) is 0.280. The molecule has 3 heterocycles. The van der Waals surface area contributed by atoms with E-state index >= 15 is 0 Å². The number of benzene rings is 1. The average molecular weight is 499 g/mol. The van der Waals surface area contributed by atoms with E-state index < -0.39 is 17.7 Å². The molecule has 0 aliphatic carbocycles. The second-order valence-corrected chi connectivity index (χ2v) is 9.43. The number of nitrogens with zero attached hydrogens (tertiary/aromatic N) is 4. The number of hydrogen-bond acceptors (Lipinski definition) is 4. The van der Waals surface area contributed by atoms with Gasteiger partial charge in [0.15, 0.2) is 12.4 Å². The summed E-state index contributed by atoms with van der Waals surface area (Å²) < 4.78 is 2.81. The first kappa shape index (κ1) is 24.0. The molecule has 0 spiro atoms. The van der Waals surface area contributed by atoms with Gasteiger partial charge in [-0.25, -0.2) is 4.68 Å². The Morgan fingerprint density at radius 2 is 1.85 bits per heavy atom. The molecule has 0 radical (unpaired) electrons. The van der Waals surface area contributed by atoms with Crippen LogP contribution in [0.1, 0.15) is 37.6 Å². The zero-order chi connectivity index (χ0) is 24.7. The van der Waals surface area contributed by atoms with Crippen molar-refractivity contribution in [2.45, 2.75) is 34.1 Å². The van der Waals surface area contributed by atoms with Gasteiger partial charge in [0.2, 0.25) is 0 Å². The molecule has 3 aromatic rings. The quantitative estimate of drug-likeness (QED) is 0.382. The number of hydrogen-bond donors (Lipinski definition) is 0. The molecule has 4 rings (SSSR count). The maximum absolute atomic E-state index is 13.7. The van der Waals surface area contributed by atoms with Crippen molar-refractivity contribution in [1.29, 1.82) is 0 Å². The van der Waals surface area contributed by atoms with E-state index in [1.165, 1.54) is 9.58 Å². The van der Waals surface area contributed by atoms with Crippen molar-refractivity contribution >= 4 is 46.3 Å². The third kappa shape index (κ3) is 4.10. The molecule has 2 amide bonds. The first-order valence-electron chi connectivity index (χ1n) is 11.0. The van der Waals surface area contributed by atoms with Gasteiger partial charge in [-0.1, -0.05) is 44.0 Å². The molecule has 1 aliphatic heterocycles. The Morgan fingerprint density at radius 3 is 2.47 bits per heavy atom. The Hall–Kier alpha value is -3.16. The van der Waals surface area contributed by atoms with Gasteiger partial charge in [0, 0.05) is 23.7 Å². The van der Waals surface area contributed by atoms with E-state index in [0.29, 0.717) is 22.8 Å². The Kier molecular flexibility index (Phi) is 6.51. The summed E-state index contributed by atoms with van der Waals surface area (Å²) in [5.74, 6) is -1.37. The minimum Gasteiger partial charge on any atom is -0.858 e. The van der Waals surface area contributed by atoms with Crippen molar-refractivity contribution in [3.63, 3.8) is 0 Å². The summed E-state index contributed by atoms with van der Waals surface area (Å²) in [6.45, 7) is 7.83. The Bertz CT molecular complexity index is 1340. The van der Waals surface area contributed by atoms with E-state index in [9.17, 15) is 14.7 Å². The molecule has 0 bridgehead atoms. The van der Waals surface area contributed by atoms with Crippen molar-refractivity contribution in [2.24, 2.45) is 5.92 Å². The molecule has 2 aromatic heterocycles. The molecule has 0 fully saturated rings. The summed E-state index contributed by atoms with van der Waals surface area (Å²) in [6, 6.07) is 8.43. The average Bonchev–Trinajstić information content (AvgIpc) is 3.23. The largest absolute Gasteiger partial charge is 0.858 e. The lowest BCUT2D eigenvalue weighted by Crippen LogP contribution is -2.41. The van der Waals surface area contributed by atoms with Crippen molar-refractivity contribution in [3.8, 4) is 11.6 Å². The summed E-state index contributed by atoms with van der Waals surface area (Å²) in [7, 11) is 0. The lowest BCUT2D eigenvalue weighted by atomic mass is 10.0. The van der Waals surface area contributed by atoms with Gasteiger partial charge in [-0.3, -0.25) is 14.5 Å². The maximum atomic E-state index is 13.7. The molecule has 1 aliphatic rings. The third-order valence-corrected chi connectivity index (χ3v) is 6.29. The molecule has 9 heteroatoms. The van der Waals surface area contributed by atoms with Gasteiger partial charge in [0.25, 0.3) is 11.6 Å². The van der Waals surface area contributed by atoms with Crippen LogP contribution < -0.4 is 9.67 Å². The van der Waals surface area contributed by atoms with Crippen molar-refractivity contribution < 1.29 is 19.3 Å². The topological polar surface area (TPSA) is 82.1 Å². The number of halogens is 2. The number of rotatable bonds is 6. The fourth-order valence-corrected chi connectivity index (χ4v) is 4.32. The highest BCUT2D eigenvalue weighted by atomic mass is 35.5. The lowest BCUT2D eigenvalue weighted by Gasteiger charge is -2.17. The third-order valence-electron chi connectivity index (χ3n) is 5.55. The molecular formula is C25H24Cl2N4O3. The zero-order valence-electron chi connectivity index (χ0n) is 19.3. The summed E-state index contributed by atoms with van der Waals surface area (Å²) in [4.78, 5) is 28.3. The van der Waals surface area contributed by atoms with Crippen LogP contribution in [0.2, 0.25) is 10.0 Å². The Balaban J connectivity index is 1.99. The Labute approximate surface area is 207 Å². The van der Waals surface area contributed by atoms with Gasteiger partial charge in [0.1, 0.15) is 5.57 Å². The van der Waals surface area contributed by atoms with Crippen LogP contribution in [0.25, 0.3) is 17.0 Å². The van der Waals surface area contributed by atoms with E-state index in [4.69, 9.17) is 23.2 Å². The van der Waals surface area contributed by atoms with Gasteiger partial charge in [-0.05, 0) is 49.4 Å². The number of aromatic nitrogens is 3. The van der Waals surface area contributed by atoms with Gasteiger partial charge < -0.3 is 5.11 Å². The molecule has 0 unspecified atom stereocenters. The fourth-order valence-electron chi connectivity index (χ4n) is 4.03. The highest BCUT2D eigenvalue weighted by Gasteiger charge is 2.46. The van der Waals surface area contributed by atoms with Gasteiger partial charge >= 0.3 is 5.91 Å². The first-order chi connectivity index (χ1) is 16.1. The highest BCUT2D eigenvalue weighted by Crippen LogP contribution is 2.38. The van der Waals surface area contributed by atoms with Crippen LogP contribution in [0.3, 0.4) is 0 Å². The zero-order valence-corrected chi connectivity index (χ0v) is 20.8. The molecule has 0 atom stereocenters. The van der Waals surface area contributed by atoms with E-state index in [-0.39, 0.29) is 34.3 Å². The second kappa shape index (κ2) is 9.24. The van der Waals surface area contributed by atoms with Crippen LogP contribution in [0.15, 0.2) is 42.7 Å². The smallest absolute Gasteiger partial charge is 0.326 e. The standard InChI is InChI=1S/C25H24Cl2N4O3/c1-5-19-20(24(33)31(28-19)16-8-9-17(26)18(27)11-16)21-22(29-10-6-7-15(4)13-29)25(34)30(23(21)32)12-14(2)3/h6-11,13-14H,5,12H2,1-4H3. The van der Waals surface area contributed by atoms with Crippen molar-refractivity contribution in [1.82, 2.24) is 14.7 Å². The van der Waals surface area contributed by atoms with Crippen molar-refractivity contribution in [2.75, 3.05) is 6.54 Å². The summed E-state index contributed by atoms with van der Waals surface area (Å²) >= 11 is 12.2. The second-order valence-electron chi connectivity index (χ2n) is 8.62. The summed E-state index contributed by atoms with van der Waals surface area (Å²) in [6.07, 6.45) is 3.85. The molecule has 7 nitrogen and oxygen atoms in total. The molecule has 0 N–H and O–H groups in total. The predicted molar refractivity (Wildman–Crippen MR) is 128 cm³/mol. The van der Waals surface area contributed by atoms with E-state index in [2.05, 4.69) is 5.10 Å². The SMILES string of the molecule is CCc1nn(-c2ccc(Cl)c(Cl)c2)c([O-])c1C1=C([n+]2cccc(C)c2)C(=O)N(CC(C)C)C1=O. The number of aryl methyl sites for hydroxylation is 2. The van der Waals surface area contributed by atoms with E-state index in [0.717, 1.165) is 5.56 Å². The molecule has 34 heavy (non-hydrogen) atoms.